The van der Waals surface area contributed by atoms with Crippen LogP contribution in [-0.2, 0) is 6.42 Å². The highest BCUT2D eigenvalue weighted by molar-refractivity contribution is 7.16. The van der Waals surface area contributed by atoms with Crippen molar-refractivity contribution in [1.82, 2.24) is 10.3 Å². The molecule has 3 rings (SSSR count). The maximum Gasteiger partial charge on any atom is 0.305 e. The summed E-state index contributed by atoms with van der Waals surface area (Å²) in [7, 11) is 0. The van der Waals surface area contributed by atoms with Gasteiger partial charge in [-0.25, -0.2) is 0 Å². The zero-order valence-corrected chi connectivity index (χ0v) is 13.3. The Bertz CT molecular complexity index is 842. The Kier molecular flexibility index (Phi) is 4.76. The van der Waals surface area contributed by atoms with Crippen LogP contribution in [0, 0.1) is 0 Å². The molecule has 0 unspecified atom stereocenters. The summed E-state index contributed by atoms with van der Waals surface area (Å²) < 4.78 is 0.604. The van der Waals surface area contributed by atoms with Gasteiger partial charge >= 0.3 is 4.87 Å². The van der Waals surface area contributed by atoms with Crippen molar-refractivity contribution in [3.05, 3.63) is 63.3 Å². The average molecular weight is 330 g/mol. The summed E-state index contributed by atoms with van der Waals surface area (Å²) >= 11 is 0.998. The van der Waals surface area contributed by atoms with E-state index in [0.29, 0.717) is 22.3 Å². The quantitative estimate of drug-likeness (QED) is 0.522. The van der Waals surface area contributed by atoms with E-state index in [1.807, 2.05) is 18.2 Å². The first-order valence-electron chi connectivity index (χ1n) is 7.42. The molecule has 1 heterocycles. The molecule has 0 saturated heterocycles. The number of hydrogen-bond acceptors (Lipinski definition) is 5. The fourth-order valence-electron chi connectivity index (χ4n) is 2.53. The monoisotopic (exact) mass is 330 g/mol. The number of thiazole rings is 1. The van der Waals surface area contributed by atoms with Crippen LogP contribution >= 0.6 is 11.3 Å². The van der Waals surface area contributed by atoms with E-state index in [0.717, 1.165) is 24.3 Å². The number of aromatic nitrogens is 1. The lowest BCUT2D eigenvalue weighted by Gasteiger charge is -2.13. The van der Waals surface area contributed by atoms with E-state index in [9.17, 15) is 15.0 Å². The number of fused-ring (bicyclic) bond motifs is 1. The van der Waals surface area contributed by atoms with Crippen molar-refractivity contribution in [3.8, 4) is 5.75 Å². The van der Waals surface area contributed by atoms with Crippen molar-refractivity contribution < 1.29 is 10.2 Å². The zero-order chi connectivity index (χ0) is 16.2. The summed E-state index contributed by atoms with van der Waals surface area (Å²) in [6.45, 7) is 1.14. The lowest BCUT2D eigenvalue weighted by Crippen LogP contribution is -2.23. The van der Waals surface area contributed by atoms with E-state index in [1.165, 1.54) is 11.6 Å². The number of benzene rings is 2. The van der Waals surface area contributed by atoms with E-state index in [-0.39, 0.29) is 10.6 Å². The summed E-state index contributed by atoms with van der Waals surface area (Å²) in [5.74, 6) is 0.0198. The summed E-state index contributed by atoms with van der Waals surface area (Å²) in [6, 6.07) is 13.3. The molecule has 1 aromatic heterocycles. The van der Waals surface area contributed by atoms with Gasteiger partial charge < -0.3 is 20.5 Å². The van der Waals surface area contributed by atoms with Gasteiger partial charge in [0.05, 0.1) is 10.8 Å². The first-order valence-corrected chi connectivity index (χ1v) is 8.24. The minimum Gasteiger partial charge on any atom is -0.506 e. The van der Waals surface area contributed by atoms with Crippen molar-refractivity contribution >= 4 is 21.6 Å². The van der Waals surface area contributed by atoms with Gasteiger partial charge in [-0.05, 0) is 24.6 Å². The van der Waals surface area contributed by atoms with Crippen molar-refractivity contribution in [2.75, 3.05) is 13.1 Å². The smallest absolute Gasteiger partial charge is 0.305 e. The molecule has 0 bridgehead atoms. The Balaban J connectivity index is 1.63. The number of hydrogen-bond donors (Lipinski definition) is 4. The third-order valence-corrected chi connectivity index (χ3v) is 4.65. The number of H-pyrrole nitrogens is 1. The SMILES string of the molecule is O=c1[nH]c2c(O)ccc([C@@H](O)CNCCc3ccccc3)c2s1. The first kappa shape index (κ1) is 15.7. The molecule has 0 amide bonds. The van der Waals surface area contributed by atoms with Gasteiger partial charge in [0.25, 0.3) is 0 Å². The molecule has 4 N–H and O–H groups in total. The predicted octanol–water partition coefficient (Wildman–Crippen LogP) is 2.16. The molecular formula is C17H18N2O3S. The Morgan fingerprint density at radius 2 is 1.96 bits per heavy atom. The van der Waals surface area contributed by atoms with Crippen LogP contribution in [0.5, 0.6) is 5.75 Å². The molecule has 0 radical (unpaired) electrons. The number of phenolic OH excluding ortho intramolecular Hbond substituents is 1. The Labute approximate surface area is 137 Å². The average Bonchev–Trinajstić information content (AvgIpc) is 2.95. The Morgan fingerprint density at radius 3 is 2.74 bits per heavy atom. The predicted molar refractivity (Wildman–Crippen MR) is 92.1 cm³/mol. The van der Waals surface area contributed by atoms with Gasteiger partial charge in [0.15, 0.2) is 0 Å². The molecule has 5 nitrogen and oxygen atoms in total. The molecule has 2 aromatic carbocycles. The normalized spacial score (nSPS) is 12.6. The second kappa shape index (κ2) is 6.95. The summed E-state index contributed by atoms with van der Waals surface area (Å²) in [5, 5.41) is 23.4. The van der Waals surface area contributed by atoms with Crippen LogP contribution in [0.3, 0.4) is 0 Å². The number of rotatable bonds is 6. The first-order chi connectivity index (χ1) is 11.1. The van der Waals surface area contributed by atoms with Crippen LogP contribution in [0.4, 0.5) is 0 Å². The molecule has 23 heavy (non-hydrogen) atoms. The highest BCUT2D eigenvalue weighted by atomic mass is 32.1. The van der Waals surface area contributed by atoms with Crippen molar-refractivity contribution in [2.45, 2.75) is 12.5 Å². The second-order valence-corrected chi connectivity index (χ2v) is 6.33. The van der Waals surface area contributed by atoms with E-state index in [4.69, 9.17) is 0 Å². The number of aromatic amines is 1. The molecule has 0 aliphatic rings. The van der Waals surface area contributed by atoms with Crippen molar-refractivity contribution in [3.63, 3.8) is 0 Å². The summed E-state index contributed by atoms with van der Waals surface area (Å²) in [4.78, 5) is 13.8. The number of aliphatic hydroxyl groups is 1. The molecule has 0 aliphatic heterocycles. The van der Waals surface area contributed by atoms with E-state index in [1.54, 1.807) is 6.07 Å². The number of phenols is 1. The highest BCUT2D eigenvalue weighted by Crippen LogP contribution is 2.31. The van der Waals surface area contributed by atoms with Gasteiger partial charge in [0.2, 0.25) is 0 Å². The molecule has 0 spiro atoms. The van der Waals surface area contributed by atoms with Crippen LogP contribution < -0.4 is 10.2 Å². The lowest BCUT2D eigenvalue weighted by molar-refractivity contribution is 0.177. The molecule has 1 atom stereocenters. The van der Waals surface area contributed by atoms with Gasteiger partial charge in [-0.15, -0.1) is 0 Å². The number of nitrogens with one attached hydrogen (secondary N) is 2. The third kappa shape index (κ3) is 3.61. The molecule has 6 heteroatoms. The van der Waals surface area contributed by atoms with E-state index < -0.39 is 6.10 Å². The second-order valence-electron chi connectivity index (χ2n) is 5.35. The Morgan fingerprint density at radius 1 is 1.17 bits per heavy atom. The van der Waals surface area contributed by atoms with Crippen molar-refractivity contribution in [2.24, 2.45) is 0 Å². The zero-order valence-electron chi connectivity index (χ0n) is 12.5. The minimum absolute atomic E-state index is 0.0198. The van der Waals surface area contributed by atoms with Crippen LogP contribution in [0.25, 0.3) is 10.2 Å². The van der Waals surface area contributed by atoms with Crippen LogP contribution in [-0.4, -0.2) is 28.3 Å². The van der Waals surface area contributed by atoms with Gasteiger partial charge in [0, 0.05) is 12.1 Å². The van der Waals surface area contributed by atoms with Gasteiger partial charge in [-0.2, -0.15) is 0 Å². The molecule has 0 aliphatic carbocycles. The van der Waals surface area contributed by atoms with Crippen LogP contribution in [0.2, 0.25) is 0 Å². The molecular weight excluding hydrogens is 312 g/mol. The van der Waals surface area contributed by atoms with Crippen LogP contribution in [0.15, 0.2) is 47.3 Å². The molecule has 0 fully saturated rings. The lowest BCUT2D eigenvalue weighted by atomic mass is 10.1. The Hall–Kier alpha value is -2.15. The maximum absolute atomic E-state index is 11.5. The number of aliphatic hydroxyl groups excluding tert-OH is 1. The fraction of sp³-hybridized carbons (Fsp3) is 0.235. The van der Waals surface area contributed by atoms with Crippen molar-refractivity contribution in [1.29, 1.82) is 0 Å². The highest BCUT2D eigenvalue weighted by Gasteiger charge is 2.15. The van der Waals surface area contributed by atoms with Gasteiger partial charge in [0.1, 0.15) is 11.3 Å². The standard InChI is InChI=1S/C17H18N2O3S/c20-13-7-6-12(16-15(13)19-17(22)23-16)14(21)10-18-9-8-11-4-2-1-3-5-11/h1-7,14,18,20-21H,8-10H2,(H,19,22)/t14-/m0/s1. The van der Waals surface area contributed by atoms with Gasteiger partial charge in [-0.3, -0.25) is 4.79 Å². The molecule has 3 aromatic rings. The van der Waals surface area contributed by atoms with Gasteiger partial charge in [-0.1, -0.05) is 47.7 Å². The van der Waals surface area contributed by atoms with E-state index in [2.05, 4.69) is 22.4 Å². The van der Waals surface area contributed by atoms with Crippen LogP contribution in [0.1, 0.15) is 17.2 Å². The molecule has 120 valence electrons. The number of aromatic hydroxyl groups is 1. The third-order valence-electron chi connectivity index (χ3n) is 3.72. The minimum atomic E-state index is -0.736. The van der Waals surface area contributed by atoms with E-state index >= 15 is 0 Å². The molecule has 0 saturated carbocycles. The largest absolute Gasteiger partial charge is 0.506 e. The maximum atomic E-state index is 11.5. The summed E-state index contributed by atoms with van der Waals surface area (Å²) in [5.41, 5.74) is 2.28. The summed E-state index contributed by atoms with van der Waals surface area (Å²) in [6.07, 6.45) is 0.149. The fourth-order valence-corrected chi connectivity index (χ4v) is 3.45. The topological polar surface area (TPSA) is 85.4 Å².